The van der Waals surface area contributed by atoms with Crippen molar-refractivity contribution in [2.75, 3.05) is 13.2 Å². The summed E-state index contributed by atoms with van der Waals surface area (Å²) in [7, 11) is 0. The fourth-order valence-corrected chi connectivity index (χ4v) is 2.84. The number of rotatable bonds is 6. The van der Waals surface area contributed by atoms with Gasteiger partial charge in [0.15, 0.2) is 0 Å². The van der Waals surface area contributed by atoms with E-state index < -0.39 is 0 Å². The molecule has 4 nitrogen and oxygen atoms in total. The standard InChI is InChI=1S/C19H22N2O2/c22-19(18-10-6-14-23-18)21(15-16-7-2-1-3-8-16)13-11-17-9-4-5-12-20-17/h1-5,7-9,12,18H,6,10-11,13-15H2. The Morgan fingerprint density at radius 3 is 2.70 bits per heavy atom. The highest BCUT2D eigenvalue weighted by Gasteiger charge is 2.28. The molecule has 1 atom stereocenters. The van der Waals surface area contributed by atoms with Crippen LogP contribution in [-0.2, 0) is 22.5 Å². The van der Waals surface area contributed by atoms with Gasteiger partial charge in [0, 0.05) is 38.0 Å². The van der Waals surface area contributed by atoms with Crippen molar-refractivity contribution in [2.45, 2.75) is 31.9 Å². The molecule has 2 heterocycles. The number of nitrogens with zero attached hydrogens (tertiary/aromatic N) is 2. The Kier molecular flexibility index (Phi) is 5.37. The second-order valence-corrected chi connectivity index (χ2v) is 5.82. The Bertz CT molecular complexity index is 610. The van der Waals surface area contributed by atoms with E-state index in [0.29, 0.717) is 19.7 Å². The van der Waals surface area contributed by atoms with Crippen molar-refractivity contribution in [2.24, 2.45) is 0 Å². The molecule has 0 N–H and O–H groups in total. The molecule has 0 spiro atoms. The lowest BCUT2D eigenvalue weighted by Crippen LogP contribution is -2.39. The van der Waals surface area contributed by atoms with Crippen LogP contribution in [0.15, 0.2) is 54.7 Å². The number of aromatic nitrogens is 1. The van der Waals surface area contributed by atoms with Crippen molar-refractivity contribution in [3.8, 4) is 0 Å². The number of amides is 1. The largest absolute Gasteiger partial charge is 0.368 e. The van der Waals surface area contributed by atoms with E-state index >= 15 is 0 Å². The Labute approximate surface area is 137 Å². The molecule has 1 aliphatic heterocycles. The highest BCUT2D eigenvalue weighted by Crippen LogP contribution is 2.17. The summed E-state index contributed by atoms with van der Waals surface area (Å²) in [6.07, 6.45) is 4.07. The van der Waals surface area contributed by atoms with Crippen LogP contribution in [-0.4, -0.2) is 35.0 Å². The van der Waals surface area contributed by atoms with Crippen molar-refractivity contribution in [1.29, 1.82) is 0 Å². The fourth-order valence-electron chi connectivity index (χ4n) is 2.84. The Morgan fingerprint density at radius 2 is 2.00 bits per heavy atom. The molecular formula is C19H22N2O2. The Morgan fingerprint density at radius 1 is 1.17 bits per heavy atom. The molecule has 1 aromatic heterocycles. The summed E-state index contributed by atoms with van der Waals surface area (Å²) in [5.74, 6) is 0.0993. The summed E-state index contributed by atoms with van der Waals surface area (Å²) < 4.78 is 5.58. The minimum Gasteiger partial charge on any atom is -0.368 e. The van der Waals surface area contributed by atoms with Gasteiger partial charge < -0.3 is 9.64 Å². The minimum atomic E-state index is -0.276. The number of ether oxygens (including phenoxy) is 1. The average Bonchev–Trinajstić information content (AvgIpc) is 3.14. The van der Waals surface area contributed by atoms with E-state index in [1.165, 1.54) is 0 Å². The van der Waals surface area contributed by atoms with Crippen molar-refractivity contribution >= 4 is 5.91 Å². The molecule has 1 aromatic carbocycles. The molecule has 120 valence electrons. The summed E-state index contributed by atoms with van der Waals surface area (Å²) in [6.45, 7) is 1.97. The quantitative estimate of drug-likeness (QED) is 0.824. The van der Waals surface area contributed by atoms with Crippen LogP contribution in [0.25, 0.3) is 0 Å². The number of carbonyl (C=O) groups is 1. The van der Waals surface area contributed by atoms with Crippen LogP contribution >= 0.6 is 0 Å². The van der Waals surface area contributed by atoms with E-state index in [-0.39, 0.29) is 12.0 Å². The minimum absolute atomic E-state index is 0.0993. The first-order valence-electron chi connectivity index (χ1n) is 8.17. The first-order chi connectivity index (χ1) is 11.3. The SMILES string of the molecule is O=C(C1CCCO1)N(CCc1ccccn1)Cc1ccccc1. The summed E-state index contributed by atoms with van der Waals surface area (Å²) >= 11 is 0. The summed E-state index contributed by atoms with van der Waals surface area (Å²) in [4.78, 5) is 19.0. The smallest absolute Gasteiger partial charge is 0.252 e. The average molecular weight is 310 g/mol. The van der Waals surface area contributed by atoms with Gasteiger partial charge in [0.2, 0.25) is 0 Å². The maximum absolute atomic E-state index is 12.8. The Balaban J connectivity index is 1.68. The maximum atomic E-state index is 12.8. The fraction of sp³-hybridized carbons (Fsp3) is 0.368. The highest BCUT2D eigenvalue weighted by molar-refractivity contribution is 5.81. The van der Waals surface area contributed by atoms with Crippen LogP contribution in [0, 0.1) is 0 Å². The monoisotopic (exact) mass is 310 g/mol. The normalized spacial score (nSPS) is 17.1. The lowest BCUT2D eigenvalue weighted by atomic mass is 10.1. The van der Waals surface area contributed by atoms with Gasteiger partial charge in [-0.3, -0.25) is 9.78 Å². The van der Waals surface area contributed by atoms with E-state index in [4.69, 9.17) is 4.74 Å². The molecule has 1 fully saturated rings. The topological polar surface area (TPSA) is 42.4 Å². The van der Waals surface area contributed by atoms with Gasteiger partial charge >= 0.3 is 0 Å². The van der Waals surface area contributed by atoms with Gasteiger partial charge in [-0.1, -0.05) is 36.4 Å². The van der Waals surface area contributed by atoms with Crippen molar-refractivity contribution in [3.05, 3.63) is 66.0 Å². The molecule has 4 heteroatoms. The molecule has 2 aromatic rings. The molecule has 23 heavy (non-hydrogen) atoms. The van der Waals surface area contributed by atoms with Crippen LogP contribution in [0.2, 0.25) is 0 Å². The van der Waals surface area contributed by atoms with Gasteiger partial charge in [-0.2, -0.15) is 0 Å². The Hall–Kier alpha value is -2.20. The zero-order valence-electron chi connectivity index (χ0n) is 13.2. The highest BCUT2D eigenvalue weighted by atomic mass is 16.5. The van der Waals surface area contributed by atoms with Crippen LogP contribution in [0.1, 0.15) is 24.1 Å². The molecule has 1 amide bonds. The lowest BCUT2D eigenvalue weighted by Gasteiger charge is -2.25. The summed E-state index contributed by atoms with van der Waals surface area (Å²) in [6, 6.07) is 16.0. The van der Waals surface area contributed by atoms with Gasteiger partial charge in [0.1, 0.15) is 6.10 Å². The van der Waals surface area contributed by atoms with Gasteiger partial charge in [-0.25, -0.2) is 0 Å². The predicted molar refractivity (Wildman–Crippen MR) is 88.8 cm³/mol. The van der Waals surface area contributed by atoms with E-state index in [1.54, 1.807) is 6.20 Å². The molecule has 1 aliphatic rings. The first-order valence-corrected chi connectivity index (χ1v) is 8.17. The van der Waals surface area contributed by atoms with E-state index in [2.05, 4.69) is 17.1 Å². The van der Waals surface area contributed by atoms with Crippen molar-refractivity contribution in [3.63, 3.8) is 0 Å². The molecular weight excluding hydrogens is 288 g/mol. The molecule has 0 saturated carbocycles. The van der Waals surface area contributed by atoms with Gasteiger partial charge in [0.25, 0.3) is 5.91 Å². The van der Waals surface area contributed by atoms with Gasteiger partial charge in [0.05, 0.1) is 0 Å². The number of pyridine rings is 1. The number of hydrogen-bond donors (Lipinski definition) is 0. The summed E-state index contributed by atoms with van der Waals surface area (Å²) in [5, 5.41) is 0. The number of benzene rings is 1. The molecule has 0 bridgehead atoms. The molecule has 0 aliphatic carbocycles. The third-order valence-electron chi connectivity index (χ3n) is 4.10. The van der Waals surface area contributed by atoms with Crippen molar-refractivity contribution in [1.82, 2.24) is 9.88 Å². The predicted octanol–water partition coefficient (Wildman–Crippen LogP) is 2.83. The van der Waals surface area contributed by atoms with Gasteiger partial charge in [-0.05, 0) is 30.5 Å². The van der Waals surface area contributed by atoms with Crippen molar-refractivity contribution < 1.29 is 9.53 Å². The molecule has 1 saturated heterocycles. The van der Waals surface area contributed by atoms with Crippen LogP contribution in [0.4, 0.5) is 0 Å². The van der Waals surface area contributed by atoms with E-state index in [1.807, 2.05) is 41.3 Å². The van der Waals surface area contributed by atoms with Gasteiger partial charge in [-0.15, -0.1) is 0 Å². The molecule has 1 unspecified atom stereocenters. The molecule has 0 radical (unpaired) electrons. The zero-order chi connectivity index (χ0) is 15.9. The van der Waals surface area contributed by atoms with Crippen LogP contribution < -0.4 is 0 Å². The second-order valence-electron chi connectivity index (χ2n) is 5.82. The maximum Gasteiger partial charge on any atom is 0.252 e. The molecule has 3 rings (SSSR count). The second kappa shape index (κ2) is 7.88. The third-order valence-corrected chi connectivity index (χ3v) is 4.10. The summed E-state index contributed by atoms with van der Waals surface area (Å²) in [5.41, 5.74) is 2.14. The number of carbonyl (C=O) groups excluding carboxylic acids is 1. The van der Waals surface area contributed by atoms with Crippen LogP contribution in [0.5, 0.6) is 0 Å². The third kappa shape index (κ3) is 4.39. The van der Waals surface area contributed by atoms with E-state index in [9.17, 15) is 4.79 Å². The first kappa shape index (κ1) is 15.7. The number of hydrogen-bond acceptors (Lipinski definition) is 3. The lowest BCUT2D eigenvalue weighted by molar-refractivity contribution is -0.141. The van der Waals surface area contributed by atoms with E-state index in [0.717, 1.165) is 30.5 Å². The van der Waals surface area contributed by atoms with Crippen LogP contribution in [0.3, 0.4) is 0 Å². The zero-order valence-corrected chi connectivity index (χ0v) is 13.2.